The summed E-state index contributed by atoms with van der Waals surface area (Å²) in [6.45, 7) is 7.31. The fourth-order valence-electron chi connectivity index (χ4n) is 4.26. The van der Waals surface area contributed by atoms with Crippen molar-refractivity contribution in [2.45, 2.75) is 111 Å². The zero-order valence-corrected chi connectivity index (χ0v) is 21.5. The van der Waals surface area contributed by atoms with E-state index in [1.54, 1.807) is 0 Å². The topological polar surface area (TPSA) is 71.1 Å². The lowest BCUT2D eigenvalue weighted by Crippen LogP contribution is -2.10. The van der Waals surface area contributed by atoms with Crippen LogP contribution in [0.1, 0.15) is 111 Å². The predicted molar refractivity (Wildman–Crippen MR) is 127 cm³/mol. The van der Waals surface area contributed by atoms with E-state index in [0.29, 0.717) is 24.4 Å². The number of phosphoric acid groups is 1. The highest BCUT2D eigenvalue weighted by Gasteiger charge is 2.43. The van der Waals surface area contributed by atoms with E-state index in [-0.39, 0.29) is 25.1 Å². The fourth-order valence-corrected chi connectivity index (χ4v) is 5.62. The number of unbranched alkanes of at least 4 members (excludes halogenated alkanes) is 10. The number of hydrogen-bond acceptors (Lipinski definition) is 6. The largest absolute Gasteiger partial charge is 0.529 e. The van der Waals surface area contributed by atoms with Crippen LogP contribution in [0.5, 0.6) is 0 Å². The van der Waals surface area contributed by atoms with Crippen molar-refractivity contribution in [2.24, 2.45) is 11.8 Å². The van der Waals surface area contributed by atoms with Gasteiger partial charge in [0.05, 0.1) is 24.7 Å². The lowest BCUT2D eigenvalue weighted by atomic mass is 10.0. The van der Waals surface area contributed by atoms with Gasteiger partial charge in [0.2, 0.25) is 0 Å². The summed E-state index contributed by atoms with van der Waals surface area (Å²) in [7, 11) is -3.68. The van der Waals surface area contributed by atoms with Crippen LogP contribution in [0.3, 0.4) is 0 Å². The molecule has 2 aliphatic heterocycles. The smallest absolute Gasteiger partial charge is 0.461 e. The summed E-state index contributed by atoms with van der Waals surface area (Å²) >= 11 is 0. The Kier molecular flexibility index (Phi) is 13.0. The molecule has 1 fully saturated rings. The summed E-state index contributed by atoms with van der Waals surface area (Å²) in [6.07, 6.45) is 16.5. The van der Waals surface area contributed by atoms with E-state index in [2.05, 4.69) is 13.8 Å². The van der Waals surface area contributed by atoms with Crippen LogP contribution in [0.2, 0.25) is 0 Å². The molecule has 0 bridgehead atoms. The zero-order chi connectivity index (χ0) is 23.2. The van der Waals surface area contributed by atoms with Crippen LogP contribution in [0.25, 0.3) is 0 Å². The zero-order valence-electron chi connectivity index (χ0n) is 20.6. The second-order valence-corrected chi connectivity index (χ2v) is 11.2. The molecule has 0 radical (unpaired) electrons. The number of fused-ring (bicyclic) bond motifs is 1. The van der Waals surface area contributed by atoms with Gasteiger partial charge < -0.3 is 9.26 Å². The summed E-state index contributed by atoms with van der Waals surface area (Å²) in [5.74, 6) is 0.649. The van der Waals surface area contributed by atoms with Crippen molar-refractivity contribution >= 4 is 13.8 Å². The van der Waals surface area contributed by atoms with Gasteiger partial charge in [0, 0.05) is 6.42 Å². The third-order valence-corrected chi connectivity index (χ3v) is 7.56. The number of cyclic esters (lactones) is 1. The van der Waals surface area contributed by atoms with E-state index in [1.807, 2.05) is 6.92 Å². The molecule has 0 N–H and O–H groups in total. The highest BCUT2D eigenvalue weighted by Crippen LogP contribution is 2.55. The molecule has 1 saturated heterocycles. The van der Waals surface area contributed by atoms with Gasteiger partial charge in [-0.05, 0) is 18.8 Å². The summed E-state index contributed by atoms with van der Waals surface area (Å²) in [4.78, 5) is 12.0. The number of ether oxygens (including phenoxy) is 1. The fraction of sp³-hybridized carbons (Fsp3) is 0.880. The molecule has 32 heavy (non-hydrogen) atoms. The second-order valence-electron chi connectivity index (χ2n) is 9.62. The van der Waals surface area contributed by atoms with Crippen molar-refractivity contribution in [1.29, 1.82) is 0 Å². The lowest BCUT2D eigenvalue weighted by molar-refractivity contribution is -0.135. The maximum Gasteiger partial charge on any atom is 0.529 e. The van der Waals surface area contributed by atoms with Gasteiger partial charge in [-0.3, -0.25) is 9.05 Å². The van der Waals surface area contributed by atoms with Crippen LogP contribution in [0.4, 0.5) is 0 Å². The number of esters is 1. The SMILES string of the molecule is CCCC1=C2C(=O)OC[C@@H]2CO[P@](=O)(OCCCCCCCCCCCCCC(C)C)O1. The summed E-state index contributed by atoms with van der Waals surface area (Å²) < 4.78 is 34.7. The maximum absolute atomic E-state index is 13.0. The molecule has 0 saturated carbocycles. The third-order valence-electron chi connectivity index (χ3n) is 6.15. The molecule has 0 aromatic rings. The quantitative estimate of drug-likeness (QED) is 0.123. The number of carbonyl (C=O) groups excluding carboxylic acids is 1. The molecular formula is C25H45O6P. The molecule has 0 aromatic carbocycles. The summed E-state index contributed by atoms with van der Waals surface area (Å²) in [6, 6.07) is 0. The van der Waals surface area contributed by atoms with E-state index in [0.717, 1.165) is 25.2 Å². The van der Waals surface area contributed by atoms with Gasteiger partial charge in [0.25, 0.3) is 0 Å². The van der Waals surface area contributed by atoms with Crippen molar-refractivity contribution in [3.8, 4) is 0 Å². The minimum atomic E-state index is -3.68. The first-order valence-electron chi connectivity index (χ1n) is 12.9. The normalized spacial score (nSPS) is 23.2. The number of hydrogen-bond donors (Lipinski definition) is 0. The number of rotatable bonds is 17. The molecule has 186 valence electrons. The van der Waals surface area contributed by atoms with Crippen LogP contribution in [0.15, 0.2) is 11.3 Å². The van der Waals surface area contributed by atoms with E-state index in [9.17, 15) is 9.36 Å². The van der Waals surface area contributed by atoms with Crippen molar-refractivity contribution in [1.82, 2.24) is 0 Å². The molecule has 2 heterocycles. The van der Waals surface area contributed by atoms with Crippen LogP contribution >= 0.6 is 7.82 Å². The minimum Gasteiger partial charge on any atom is -0.461 e. The molecular weight excluding hydrogens is 427 g/mol. The van der Waals surface area contributed by atoms with E-state index in [4.69, 9.17) is 18.3 Å². The van der Waals surface area contributed by atoms with Crippen molar-refractivity contribution < 1.29 is 27.7 Å². The first kappa shape index (κ1) is 27.4. The average molecular weight is 473 g/mol. The van der Waals surface area contributed by atoms with E-state index >= 15 is 0 Å². The Hall–Kier alpha value is -0.840. The van der Waals surface area contributed by atoms with Crippen LogP contribution in [0, 0.1) is 11.8 Å². The molecule has 0 unspecified atom stereocenters. The van der Waals surface area contributed by atoms with Crippen LogP contribution in [-0.4, -0.2) is 25.8 Å². The summed E-state index contributed by atoms with van der Waals surface area (Å²) in [5, 5.41) is 0. The Morgan fingerprint density at radius 1 is 0.938 bits per heavy atom. The Morgan fingerprint density at radius 2 is 1.53 bits per heavy atom. The van der Waals surface area contributed by atoms with Gasteiger partial charge in [-0.15, -0.1) is 0 Å². The van der Waals surface area contributed by atoms with E-state index < -0.39 is 7.82 Å². The average Bonchev–Trinajstić information content (AvgIpc) is 3.05. The van der Waals surface area contributed by atoms with Crippen LogP contribution in [-0.2, 0) is 27.7 Å². The monoisotopic (exact) mass is 472 g/mol. The molecule has 0 aliphatic carbocycles. The Bertz CT molecular complexity index is 630. The Morgan fingerprint density at radius 3 is 2.12 bits per heavy atom. The van der Waals surface area contributed by atoms with Gasteiger partial charge in [0.15, 0.2) is 0 Å². The highest BCUT2D eigenvalue weighted by molar-refractivity contribution is 7.48. The van der Waals surface area contributed by atoms with Gasteiger partial charge in [-0.1, -0.05) is 91.4 Å². The molecule has 2 rings (SSSR count). The van der Waals surface area contributed by atoms with Gasteiger partial charge in [-0.2, -0.15) is 0 Å². The Labute approximate surface area is 195 Å². The number of allylic oxidation sites excluding steroid dienone is 1. The molecule has 7 heteroatoms. The second kappa shape index (κ2) is 15.1. The number of phosphoric ester groups is 1. The van der Waals surface area contributed by atoms with Gasteiger partial charge in [0.1, 0.15) is 12.4 Å². The third kappa shape index (κ3) is 9.97. The van der Waals surface area contributed by atoms with E-state index in [1.165, 1.54) is 64.2 Å². The van der Waals surface area contributed by atoms with Crippen molar-refractivity contribution in [3.63, 3.8) is 0 Å². The molecule has 2 aliphatic rings. The van der Waals surface area contributed by atoms with Crippen molar-refractivity contribution in [3.05, 3.63) is 11.3 Å². The van der Waals surface area contributed by atoms with Crippen molar-refractivity contribution in [2.75, 3.05) is 19.8 Å². The van der Waals surface area contributed by atoms with Crippen LogP contribution < -0.4 is 0 Å². The molecule has 0 spiro atoms. The first-order chi connectivity index (χ1) is 15.4. The number of carbonyl (C=O) groups is 1. The molecule has 0 aromatic heterocycles. The highest BCUT2D eigenvalue weighted by atomic mass is 31.2. The lowest BCUT2D eigenvalue weighted by Gasteiger charge is -2.18. The molecule has 2 atom stereocenters. The van der Waals surface area contributed by atoms with Gasteiger partial charge in [-0.25, -0.2) is 9.36 Å². The minimum absolute atomic E-state index is 0.128. The van der Waals surface area contributed by atoms with Gasteiger partial charge >= 0.3 is 13.8 Å². The predicted octanol–water partition coefficient (Wildman–Crippen LogP) is 7.72. The molecule has 0 amide bonds. The molecule has 6 nitrogen and oxygen atoms in total. The maximum atomic E-state index is 13.0. The Balaban J connectivity index is 1.53. The first-order valence-corrected chi connectivity index (χ1v) is 14.4. The standard InChI is InChI=1S/C25H45O6P/c1-4-16-23-24-22(19-28-25(24)26)20-30-32(27,31-23)29-18-15-13-11-9-7-5-6-8-10-12-14-17-21(2)3/h21-22H,4-20H2,1-3H3/t22-,32+/m1/s1. The summed E-state index contributed by atoms with van der Waals surface area (Å²) in [5.41, 5.74) is 0.476.